The molecule has 0 N–H and O–H groups in total. The average Bonchev–Trinajstić information content (AvgIpc) is 2.98. The molecule has 0 bridgehead atoms. The molecule has 0 atom stereocenters. The van der Waals surface area contributed by atoms with Crippen LogP contribution in [0.25, 0.3) is 6.08 Å². The van der Waals surface area contributed by atoms with Crippen LogP contribution < -0.4 is 9.47 Å². The van der Waals surface area contributed by atoms with Crippen molar-refractivity contribution < 1.29 is 19.1 Å². The second-order valence-corrected chi connectivity index (χ2v) is 8.58. The number of ether oxygens (including phenoxy) is 2. The fourth-order valence-corrected chi connectivity index (χ4v) is 4.37. The topological polar surface area (TPSA) is 62.3 Å². The maximum atomic E-state index is 12.9. The highest BCUT2D eigenvalue weighted by Crippen LogP contribution is 2.32. The average molecular weight is 470 g/mol. The number of carbonyl (C=O) groups excluding carboxylic acids is 2. The van der Waals surface area contributed by atoms with Gasteiger partial charge in [-0.15, -0.1) is 0 Å². The third-order valence-electron chi connectivity index (χ3n) is 6.12. The quantitative estimate of drug-likeness (QED) is 0.650. The van der Waals surface area contributed by atoms with E-state index in [9.17, 15) is 9.59 Å². The first kappa shape index (κ1) is 23.1. The van der Waals surface area contributed by atoms with E-state index in [1.807, 2.05) is 47.4 Å². The molecule has 2 amide bonds. The maximum Gasteiger partial charge on any atom is 0.242 e. The second kappa shape index (κ2) is 10.3. The van der Waals surface area contributed by atoms with Crippen molar-refractivity contribution in [2.75, 3.05) is 46.9 Å². The van der Waals surface area contributed by atoms with E-state index in [1.54, 1.807) is 20.4 Å². The minimum Gasteiger partial charge on any atom is -0.493 e. The zero-order valence-corrected chi connectivity index (χ0v) is 19.7. The van der Waals surface area contributed by atoms with E-state index < -0.39 is 0 Å². The lowest BCUT2D eigenvalue weighted by molar-refractivity contribution is -0.139. The van der Waals surface area contributed by atoms with E-state index >= 15 is 0 Å². The van der Waals surface area contributed by atoms with Crippen molar-refractivity contribution in [2.45, 2.75) is 13.0 Å². The Labute approximate surface area is 199 Å². The number of rotatable bonds is 6. The number of amides is 2. The number of piperazine rings is 1. The molecular weight excluding hydrogens is 442 g/mol. The Morgan fingerprint density at radius 3 is 2.42 bits per heavy atom. The van der Waals surface area contributed by atoms with Gasteiger partial charge in [0, 0.05) is 43.9 Å². The Balaban J connectivity index is 1.35. The summed E-state index contributed by atoms with van der Waals surface area (Å²) in [6, 6.07) is 11.5. The van der Waals surface area contributed by atoms with Gasteiger partial charge in [0.15, 0.2) is 11.5 Å². The molecule has 0 unspecified atom stereocenters. The third kappa shape index (κ3) is 5.31. The first-order valence-electron chi connectivity index (χ1n) is 10.9. The molecule has 174 valence electrons. The summed E-state index contributed by atoms with van der Waals surface area (Å²) in [5.74, 6) is 1.01. The number of hydrogen-bond acceptors (Lipinski definition) is 5. The van der Waals surface area contributed by atoms with Crippen LogP contribution in [0.4, 0.5) is 0 Å². The van der Waals surface area contributed by atoms with Gasteiger partial charge in [0.25, 0.3) is 0 Å². The van der Waals surface area contributed by atoms with Crippen LogP contribution in [-0.2, 0) is 22.6 Å². The first-order valence-corrected chi connectivity index (χ1v) is 11.3. The van der Waals surface area contributed by atoms with Gasteiger partial charge in [-0.3, -0.25) is 14.5 Å². The largest absolute Gasteiger partial charge is 0.493 e. The number of benzene rings is 2. The molecule has 0 spiro atoms. The first-order chi connectivity index (χ1) is 16.0. The summed E-state index contributed by atoms with van der Waals surface area (Å²) in [5.41, 5.74) is 2.81. The van der Waals surface area contributed by atoms with Gasteiger partial charge in [0.2, 0.25) is 11.8 Å². The van der Waals surface area contributed by atoms with Gasteiger partial charge >= 0.3 is 0 Å². The van der Waals surface area contributed by atoms with Crippen molar-refractivity contribution in [1.82, 2.24) is 14.7 Å². The lowest BCUT2D eigenvalue weighted by Gasteiger charge is -2.35. The zero-order valence-electron chi connectivity index (χ0n) is 18.9. The summed E-state index contributed by atoms with van der Waals surface area (Å²) in [4.78, 5) is 31.4. The molecule has 0 saturated carbocycles. The summed E-state index contributed by atoms with van der Waals surface area (Å²) in [6.07, 6.45) is 3.73. The molecule has 2 aromatic rings. The molecule has 8 heteroatoms. The summed E-state index contributed by atoms with van der Waals surface area (Å²) in [5, 5.41) is 0.763. The standard InChI is InChI=1S/C25H28ClN3O4/c1-32-22-13-18-7-8-29(24(30)15-20(18)14-23(22)33-2)17-25(31)28-11-9-27(10-12-28)16-19-5-3-4-6-21(19)26/h3-8,13-14H,9-12,15-17H2,1-2H3. The number of halogens is 1. The molecule has 0 aliphatic carbocycles. The second-order valence-electron chi connectivity index (χ2n) is 8.17. The molecule has 0 aromatic heterocycles. The maximum absolute atomic E-state index is 12.9. The van der Waals surface area contributed by atoms with Crippen LogP contribution in [0, 0.1) is 0 Å². The number of carbonyl (C=O) groups is 2. The highest BCUT2D eigenvalue weighted by atomic mass is 35.5. The van der Waals surface area contributed by atoms with Crippen molar-refractivity contribution in [2.24, 2.45) is 0 Å². The highest BCUT2D eigenvalue weighted by molar-refractivity contribution is 6.31. The minimum absolute atomic E-state index is 0.0299. The molecule has 1 fully saturated rings. The predicted molar refractivity (Wildman–Crippen MR) is 127 cm³/mol. The van der Waals surface area contributed by atoms with Crippen LogP contribution in [-0.4, -0.2) is 73.5 Å². The van der Waals surface area contributed by atoms with E-state index in [0.29, 0.717) is 24.6 Å². The summed E-state index contributed by atoms with van der Waals surface area (Å²) >= 11 is 6.28. The van der Waals surface area contributed by atoms with Crippen LogP contribution in [0.15, 0.2) is 42.6 Å². The lowest BCUT2D eigenvalue weighted by Crippen LogP contribution is -2.51. The summed E-state index contributed by atoms with van der Waals surface area (Å²) in [6.45, 7) is 3.59. The van der Waals surface area contributed by atoms with Crippen LogP contribution in [0.2, 0.25) is 5.02 Å². The minimum atomic E-state index is -0.122. The molecule has 0 radical (unpaired) electrons. The molecule has 7 nitrogen and oxygen atoms in total. The van der Waals surface area contributed by atoms with Gasteiger partial charge in [0.1, 0.15) is 6.54 Å². The van der Waals surface area contributed by atoms with Gasteiger partial charge in [-0.05, 0) is 41.0 Å². The van der Waals surface area contributed by atoms with Crippen molar-refractivity contribution in [3.63, 3.8) is 0 Å². The van der Waals surface area contributed by atoms with Gasteiger partial charge in [0.05, 0.1) is 20.6 Å². The fourth-order valence-electron chi connectivity index (χ4n) is 4.17. The molecule has 2 aromatic carbocycles. The van der Waals surface area contributed by atoms with E-state index in [-0.39, 0.29) is 24.8 Å². The van der Waals surface area contributed by atoms with Crippen molar-refractivity contribution in [1.29, 1.82) is 0 Å². The number of hydrogen-bond donors (Lipinski definition) is 0. The van der Waals surface area contributed by atoms with E-state index in [0.717, 1.165) is 41.3 Å². The fraction of sp³-hybridized carbons (Fsp3) is 0.360. The van der Waals surface area contributed by atoms with Crippen molar-refractivity contribution >= 4 is 29.5 Å². The van der Waals surface area contributed by atoms with Crippen LogP contribution >= 0.6 is 11.6 Å². The van der Waals surface area contributed by atoms with Crippen molar-refractivity contribution in [3.05, 3.63) is 64.3 Å². The zero-order chi connectivity index (χ0) is 23.4. The SMILES string of the molecule is COc1cc2c(cc1OC)CC(=O)N(CC(=O)N1CCN(Cc3ccccc3Cl)CC1)C=C2. The molecule has 4 rings (SSSR count). The monoisotopic (exact) mass is 469 g/mol. The molecule has 2 aliphatic heterocycles. The lowest BCUT2D eigenvalue weighted by atomic mass is 10.0. The van der Waals surface area contributed by atoms with Gasteiger partial charge in [-0.25, -0.2) is 0 Å². The number of methoxy groups -OCH3 is 2. The molecule has 2 heterocycles. The molecule has 2 aliphatic rings. The van der Waals surface area contributed by atoms with E-state index in [4.69, 9.17) is 21.1 Å². The van der Waals surface area contributed by atoms with Gasteiger partial charge in [-0.1, -0.05) is 29.8 Å². The molecule has 33 heavy (non-hydrogen) atoms. The summed E-state index contributed by atoms with van der Waals surface area (Å²) in [7, 11) is 3.15. The van der Waals surface area contributed by atoms with Crippen LogP contribution in [0.1, 0.15) is 16.7 Å². The van der Waals surface area contributed by atoms with E-state index in [1.165, 1.54) is 4.90 Å². The normalized spacial score (nSPS) is 16.4. The third-order valence-corrected chi connectivity index (χ3v) is 6.49. The molecular formula is C25H28ClN3O4. The van der Waals surface area contributed by atoms with E-state index in [2.05, 4.69) is 4.90 Å². The van der Waals surface area contributed by atoms with Crippen LogP contribution in [0.3, 0.4) is 0 Å². The molecule has 1 saturated heterocycles. The number of fused-ring (bicyclic) bond motifs is 1. The smallest absolute Gasteiger partial charge is 0.242 e. The number of nitrogens with zero attached hydrogens (tertiary/aromatic N) is 3. The predicted octanol–water partition coefficient (Wildman–Crippen LogP) is 3.06. The van der Waals surface area contributed by atoms with Crippen LogP contribution in [0.5, 0.6) is 11.5 Å². The Hall–Kier alpha value is -3.03. The van der Waals surface area contributed by atoms with Gasteiger partial charge in [-0.2, -0.15) is 0 Å². The van der Waals surface area contributed by atoms with Crippen molar-refractivity contribution in [3.8, 4) is 11.5 Å². The Morgan fingerprint density at radius 2 is 1.73 bits per heavy atom. The highest BCUT2D eigenvalue weighted by Gasteiger charge is 2.26. The Morgan fingerprint density at radius 1 is 1.03 bits per heavy atom. The Kier molecular flexibility index (Phi) is 7.20. The summed E-state index contributed by atoms with van der Waals surface area (Å²) < 4.78 is 10.7. The van der Waals surface area contributed by atoms with Gasteiger partial charge < -0.3 is 19.3 Å². The Bertz CT molecular complexity index is 1060.